The van der Waals surface area contributed by atoms with Crippen LogP contribution < -0.4 is 0 Å². The van der Waals surface area contributed by atoms with Crippen molar-refractivity contribution in [3.63, 3.8) is 0 Å². The predicted octanol–water partition coefficient (Wildman–Crippen LogP) is 5.12. The van der Waals surface area contributed by atoms with Crippen LogP contribution in [0.5, 0.6) is 0 Å². The molecule has 1 unspecified atom stereocenters. The Balaban J connectivity index is 1.67. The van der Waals surface area contributed by atoms with Crippen molar-refractivity contribution in [2.45, 2.75) is 38.8 Å². The van der Waals surface area contributed by atoms with Crippen molar-refractivity contribution >= 4 is 15.9 Å². The zero-order chi connectivity index (χ0) is 17.6. The van der Waals surface area contributed by atoms with Crippen LogP contribution in [0.15, 0.2) is 46.9 Å². The predicted molar refractivity (Wildman–Crippen MR) is 103 cm³/mol. The summed E-state index contributed by atoms with van der Waals surface area (Å²) < 4.78 is 20.4. The molecule has 25 heavy (non-hydrogen) atoms. The molecule has 1 heterocycles. The fourth-order valence-corrected chi connectivity index (χ4v) is 3.93. The quantitative estimate of drug-likeness (QED) is 0.633. The molecule has 0 N–H and O–H groups in total. The lowest BCUT2D eigenvalue weighted by Gasteiger charge is -2.26. The maximum atomic E-state index is 13.4. The number of halogens is 2. The van der Waals surface area contributed by atoms with Gasteiger partial charge in [-0.2, -0.15) is 0 Å². The van der Waals surface area contributed by atoms with Crippen LogP contribution in [0.1, 0.15) is 29.5 Å². The number of rotatable bonds is 7. The molecule has 3 rings (SSSR count). The molecule has 4 heteroatoms. The van der Waals surface area contributed by atoms with Crippen LogP contribution in [0.3, 0.4) is 0 Å². The second-order valence-electron chi connectivity index (χ2n) is 6.84. The van der Waals surface area contributed by atoms with E-state index in [1.807, 2.05) is 6.07 Å². The molecule has 0 radical (unpaired) electrons. The molecular formula is C21H25BrFNO. The minimum Gasteiger partial charge on any atom is -0.377 e. The van der Waals surface area contributed by atoms with Crippen molar-refractivity contribution in [1.29, 1.82) is 0 Å². The Morgan fingerprint density at radius 1 is 1.24 bits per heavy atom. The van der Waals surface area contributed by atoms with E-state index in [9.17, 15) is 4.39 Å². The van der Waals surface area contributed by atoms with Crippen LogP contribution >= 0.6 is 15.9 Å². The summed E-state index contributed by atoms with van der Waals surface area (Å²) >= 11 is 3.69. The van der Waals surface area contributed by atoms with Gasteiger partial charge in [-0.1, -0.05) is 40.2 Å². The number of aryl methyl sites for hydroxylation is 1. The van der Waals surface area contributed by atoms with Gasteiger partial charge in [0.2, 0.25) is 0 Å². The van der Waals surface area contributed by atoms with Gasteiger partial charge >= 0.3 is 0 Å². The zero-order valence-corrected chi connectivity index (χ0v) is 16.3. The molecule has 134 valence electrons. The maximum Gasteiger partial charge on any atom is 0.123 e. The molecule has 0 saturated carbocycles. The third-order valence-corrected chi connectivity index (χ3v) is 5.43. The molecular weight excluding hydrogens is 381 g/mol. The van der Waals surface area contributed by atoms with Crippen LogP contribution in [-0.2, 0) is 17.7 Å². The van der Waals surface area contributed by atoms with E-state index in [-0.39, 0.29) is 5.82 Å². The van der Waals surface area contributed by atoms with Gasteiger partial charge in [-0.3, -0.25) is 4.90 Å². The molecule has 2 aromatic carbocycles. The van der Waals surface area contributed by atoms with Crippen LogP contribution in [-0.4, -0.2) is 30.7 Å². The van der Waals surface area contributed by atoms with Crippen molar-refractivity contribution < 1.29 is 9.13 Å². The highest BCUT2D eigenvalue weighted by molar-refractivity contribution is 9.10. The molecule has 1 saturated heterocycles. The van der Waals surface area contributed by atoms with Gasteiger partial charge in [-0.05, 0) is 61.1 Å². The highest BCUT2D eigenvalue weighted by Crippen LogP contribution is 2.22. The number of ether oxygens (including phenoxy) is 1. The van der Waals surface area contributed by atoms with Gasteiger partial charge in [-0.15, -0.1) is 0 Å². The fraction of sp³-hybridized carbons (Fsp3) is 0.429. The molecule has 0 spiro atoms. The van der Waals surface area contributed by atoms with E-state index in [2.05, 4.69) is 46.0 Å². The third kappa shape index (κ3) is 5.63. The van der Waals surface area contributed by atoms with E-state index in [1.165, 1.54) is 17.2 Å². The van der Waals surface area contributed by atoms with Crippen LogP contribution in [0.2, 0.25) is 0 Å². The summed E-state index contributed by atoms with van der Waals surface area (Å²) in [6, 6.07) is 13.4. The van der Waals surface area contributed by atoms with Gasteiger partial charge in [0.1, 0.15) is 5.82 Å². The second kappa shape index (κ2) is 8.93. The van der Waals surface area contributed by atoms with E-state index < -0.39 is 0 Å². The van der Waals surface area contributed by atoms with Crippen molar-refractivity contribution in [1.82, 2.24) is 4.90 Å². The topological polar surface area (TPSA) is 12.5 Å². The Bertz CT molecular complexity index is 700. The molecule has 1 aliphatic rings. The number of hydrogen-bond donors (Lipinski definition) is 0. The second-order valence-corrected chi connectivity index (χ2v) is 7.70. The Labute approximate surface area is 158 Å². The van der Waals surface area contributed by atoms with Crippen molar-refractivity contribution in [2.75, 3.05) is 19.7 Å². The van der Waals surface area contributed by atoms with Crippen LogP contribution in [0.25, 0.3) is 0 Å². The van der Waals surface area contributed by atoms with E-state index in [0.29, 0.717) is 6.10 Å². The van der Waals surface area contributed by atoms with Gasteiger partial charge in [-0.25, -0.2) is 4.39 Å². The van der Waals surface area contributed by atoms with Gasteiger partial charge in [0.05, 0.1) is 6.10 Å². The minimum absolute atomic E-state index is 0.163. The summed E-state index contributed by atoms with van der Waals surface area (Å²) in [6.45, 7) is 5.66. The average Bonchev–Trinajstić information content (AvgIpc) is 3.08. The van der Waals surface area contributed by atoms with E-state index in [1.54, 1.807) is 12.1 Å². The summed E-state index contributed by atoms with van der Waals surface area (Å²) in [5, 5.41) is 0. The molecule has 0 bridgehead atoms. The lowest BCUT2D eigenvalue weighted by atomic mass is 10.1. The number of hydrogen-bond acceptors (Lipinski definition) is 2. The molecule has 0 amide bonds. The van der Waals surface area contributed by atoms with E-state index in [4.69, 9.17) is 4.74 Å². The normalized spacial score (nSPS) is 17.4. The molecule has 1 atom stereocenters. The van der Waals surface area contributed by atoms with Gasteiger partial charge in [0.15, 0.2) is 0 Å². The number of benzene rings is 2. The molecule has 2 nitrogen and oxygen atoms in total. The fourth-order valence-electron chi connectivity index (χ4n) is 3.31. The molecule has 2 aromatic rings. The van der Waals surface area contributed by atoms with Gasteiger partial charge < -0.3 is 4.74 Å². The standard InChI is InChI=1S/C21H25BrFNO/c1-16-7-8-18(21(22)12-16)14-24(15-20-6-3-11-25-20)10-9-17-4-2-5-19(23)13-17/h2,4-5,7-8,12-13,20H,3,6,9-11,14-15H2,1H3. The Kier molecular flexibility index (Phi) is 6.63. The monoisotopic (exact) mass is 405 g/mol. The van der Waals surface area contributed by atoms with Gasteiger partial charge in [0.25, 0.3) is 0 Å². The van der Waals surface area contributed by atoms with Gasteiger partial charge in [0, 0.05) is 30.7 Å². The summed E-state index contributed by atoms with van der Waals surface area (Å²) in [5.41, 5.74) is 3.57. The first kappa shape index (κ1) is 18.6. The zero-order valence-electron chi connectivity index (χ0n) is 14.7. The first-order chi connectivity index (χ1) is 12.1. The molecule has 1 aliphatic heterocycles. The summed E-state index contributed by atoms with van der Waals surface area (Å²) in [7, 11) is 0. The Morgan fingerprint density at radius 2 is 2.12 bits per heavy atom. The lowest BCUT2D eigenvalue weighted by molar-refractivity contribution is 0.0709. The number of nitrogens with zero attached hydrogens (tertiary/aromatic N) is 1. The summed E-state index contributed by atoms with van der Waals surface area (Å²) in [6.07, 6.45) is 3.44. The third-order valence-electron chi connectivity index (χ3n) is 4.69. The van der Waals surface area contributed by atoms with E-state index >= 15 is 0 Å². The van der Waals surface area contributed by atoms with Crippen LogP contribution in [0.4, 0.5) is 4.39 Å². The lowest BCUT2D eigenvalue weighted by Crippen LogP contribution is -2.33. The van der Waals surface area contributed by atoms with Crippen molar-refractivity contribution in [3.8, 4) is 0 Å². The summed E-state index contributed by atoms with van der Waals surface area (Å²) in [4.78, 5) is 2.43. The largest absolute Gasteiger partial charge is 0.377 e. The first-order valence-electron chi connectivity index (χ1n) is 8.93. The van der Waals surface area contributed by atoms with Crippen molar-refractivity contribution in [3.05, 3.63) is 69.4 Å². The smallest absolute Gasteiger partial charge is 0.123 e. The Morgan fingerprint density at radius 3 is 2.84 bits per heavy atom. The Hall–Kier alpha value is -1.23. The molecule has 1 fully saturated rings. The molecule has 0 aliphatic carbocycles. The SMILES string of the molecule is Cc1ccc(CN(CCc2cccc(F)c2)CC2CCCO2)c(Br)c1. The van der Waals surface area contributed by atoms with Crippen LogP contribution in [0, 0.1) is 12.7 Å². The first-order valence-corrected chi connectivity index (χ1v) is 9.73. The van der Waals surface area contributed by atoms with Crippen molar-refractivity contribution in [2.24, 2.45) is 0 Å². The summed E-state index contributed by atoms with van der Waals surface area (Å²) in [5.74, 6) is -0.163. The maximum absolute atomic E-state index is 13.4. The highest BCUT2D eigenvalue weighted by Gasteiger charge is 2.20. The highest BCUT2D eigenvalue weighted by atomic mass is 79.9. The minimum atomic E-state index is -0.163. The van der Waals surface area contributed by atoms with E-state index in [0.717, 1.165) is 55.5 Å². The molecule has 0 aromatic heterocycles. The average molecular weight is 406 g/mol.